The van der Waals surface area contributed by atoms with Crippen molar-refractivity contribution in [2.75, 3.05) is 0 Å². The smallest absolute Gasteiger partial charge is 0.409 e. The number of urea groups is 1. The summed E-state index contributed by atoms with van der Waals surface area (Å²) in [6.07, 6.45) is 0. The zero-order valence-corrected chi connectivity index (χ0v) is 8.54. The molecule has 1 aromatic rings. The number of hydrogen-bond donors (Lipinski definition) is 2. The molecule has 78 valence electrons. The standard InChI is InChI=1S/C7H8O2S.CH4N2O/c1-6-2-4-7(5-3-6)10(8)9;2-1(3)4/h2-5H,1H3,(H,8,9);(H4,2,3,4). The molecular weight excluding hydrogens is 204 g/mol. The molecule has 2 amide bonds. The molecule has 5 N–H and O–H groups in total. The van der Waals surface area contributed by atoms with E-state index in [4.69, 9.17) is 4.79 Å². The van der Waals surface area contributed by atoms with E-state index in [1.165, 1.54) is 0 Å². The Labute approximate surface area is 84.4 Å². The van der Waals surface area contributed by atoms with Gasteiger partial charge in [-0.2, -0.15) is 0 Å². The normalized spacial score (nSPS) is 11.1. The summed E-state index contributed by atoms with van der Waals surface area (Å²) < 4.78 is 20.6. The molecule has 1 rings (SSSR count). The number of carbonyl (C=O) groups excluding carboxylic acids is 1. The number of quaternary nitrogens is 1. The maximum Gasteiger partial charge on any atom is 0.409 e. The summed E-state index contributed by atoms with van der Waals surface area (Å²) >= 11 is -2.09. The molecule has 1 aromatic carbocycles. The van der Waals surface area contributed by atoms with Gasteiger partial charge in [0.2, 0.25) is 0 Å². The van der Waals surface area contributed by atoms with Crippen molar-refractivity contribution in [3.63, 3.8) is 0 Å². The number of carbonyl (C=O) groups is 1. The van der Waals surface area contributed by atoms with Crippen molar-refractivity contribution >= 4 is 17.1 Å². The summed E-state index contributed by atoms with van der Waals surface area (Å²) in [6, 6.07) is 6.12. The van der Waals surface area contributed by atoms with Crippen molar-refractivity contribution in [3.8, 4) is 0 Å². The Morgan fingerprint density at radius 2 is 1.79 bits per heavy atom. The van der Waals surface area contributed by atoms with Crippen molar-refractivity contribution in [3.05, 3.63) is 29.8 Å². The van der Waals surface area contributed by atoms with E-state index in [-0.39, 0.29) is 0 Å². The molecule has 0 aliphatic rings. The van der Waals surface area contributed by atoms with E-state index in [9.17, 15) is 8.76 Å². The Kier molecular flexibility index (Phi) is 5.70. The predicted molar refractivity (Wildman–Crippen MR) is 50.8 cm³/mol. The number of aryl methyl sites for hydroxylation is 1. The highest BCUT2D eigenvalue weighted by Gasteiger charge is 1.88. The minimum absolute atomic E-state index is 0.339. The van der Waals surface area contributed by atoms with E-state index >= 15 is 0 Å². The van der Waals surface area contributed by atoms with Crippen LogP contribution < -0.4 is 11.5 Å². The van der Waals surface area contributed by atoms with Crippen LogP contribution in [0.3, 0.4) is 0 Å². The third-order valence-electron chi connectivity index (χ3n) is 1.21. The summed E-state index contributed by atoms with van der Waals surface area (Å²) in [7, 11) is 0. The first-order valence-electron chi connectivity index (χ1n) is 3.71. The van der Waals surface area contributed by atoms with Crippen molar-refractivity contribution in [1.29, 1.82) is 0 Å². The monoisotopic (exact) mass is 216 g/mol. The van der Waals surface area contributed by atoms with Gasteiger partial charge in [0, 0.05) is 4.90 Å². The number of amides is 2. The SMILES string of the molecule is Cc1ccc(S(=O)[O-])cc1.NC([NH3+])=O. The van der Waals surface area contributed by atoms with Crippen LogP contribution in [-0.2, 0) is 11.1 Å². The van der Waals surface area contributed by atoms with Crippen molar-refractivity contribution < 1.29 is 19.3 Å². The summed E-state index contributed by atoms with van der Waals surface area (Å²) in [5.74, 6) is 0. The maximum absolute atomic E-state index is 10.3. The highest BCUT2D eigenvalue weighted by atomic mass is 32.2. The molecule has 0 saturated heterocycles. The van der Waals surface area contributed by atoms with Crippen LogP contribution in [0, 0.1) is 6.92 Å². The van der Waals surface area contributed by atoms with Crippen LogP contribution in [0.25, 0.3) is 0 Å². The van der Waals surface area contributed by atoms with Crippen molar-refractivity contribution in [2.24, 2.45) is 5.73 Å². The van der Waals surface area contributed by atoms with Crippen molar-refractivity contribution in [1.82, 2.24) is 0 Å². The zero-order chi connectivity index (χ0) is 11.1. The number of hydrogen-bond acceptors (Lipinski definition) is 3. The minimum atomic E-state index is -2.09. The first kappa shape index (κ1) is 12.8. The summed E-state index contributed by atoms with van der Waals surface area (Å²) in [6.45, 7) is 1.91. The van der Waals surface area contributed by atoms with Gasteiger partial charge in [-0.3, -0.25) is 9.94 Å². The van der Waals surface area contributed by atoms with Gasteiger partial charge in [-0.15, -0.1) is 0 Å². The molecule has 1 atom stereocenters. The van der Waals surface area contributed by atoms with Crippen LogP contribution >= 0.6 is 0 Å². The Morgan fingerprint density at radius 1 is 1.43 bits per heavy atom. The molecule has 0 bridgehead atoms. The lowest BCUT2D eigenvalue weighted by Gasteiger charge is -2.03. The summed E-state index contributed by atoms with van der Waals surface area (Å²) in [4.78, 5) is 9.45. The first-order valence-corrected chi connectivity index (χ1v) is 4.78. The number of benzene rings is 1. The van der Waals surface area contributed by atoms with Crippen LogP contribution in [0.4, 0.5) is 4.79 Å². The molecule has 6 heteroatoms. The lowest BCUT2D eigenvalue weighted by Crippen LogP contribution is -2.60. The predicted octanol–water partition coefficient (Wildman–Crippen LogP) is -0.460. The second-order valence-electron chi connectivity index (χ2n) is 2.51. The molecular formula is C8H12N2O3S. The van der Waals surface area contributed by atoms with Gasteiger partial charge in [-0.25, -0.2) is 4.79 Å². The fourth-order valence-corrected chi connectivity index (χ4v) is 1.01. The fraction of sp³-hybridized carbons (Fsp3) is 0.125. The van der Waals surface area contributed by atoms with Gasteiger partial charge in [0.05, 0.1) is 0 Å². The van der Waals surface area contributed by atoms with E-state index in [0.29, 0.717) is 4.90 Å². The average Bonchev–Trinajstić information content (AvgIpc) is 2.03. The topological polar surface area (TPSA) is 111 Å². The largest absolute Gasteiger partial charge is 0.768 e. The number of nitrogens with two attached hydrogens (primary N) is 1. The van der Waals surface area contributed by atoms with E-state index < -0.39 is 17.1 Å². The summed E-state index contributed by atoms with van der Waals surface area (Å²) in [5, 5.41) is 0. The van der Waals surface area contributed by atoms with E-state index in [0.717, 1.165) is 5.56 Å². The number of primary amides is 1. The van der Waals surface area contributed by atoms with Gasteiger partial charge in [0.1, 0.15) is 0 Å². The van der Waals surface area contributed by atoms with Gasteiger partial charge < -0.3 is 10.3 Å². The molecule has 0 radical (unpaired) electrons. The quantitative estimate of drug-likeness (QED) is 0.619. The van der Waals surface area contributed by atoms with Crippen LogP contribution in [0.5, 0.6) is 0 Å². The second-order valence-corrected chi connectivity index (χ2v) is 3.45. The molecule has 0 aromatic heterocycles. The zero-order valence-electron chi connectivity index (χ0n) is 7.73. The second kappa shape index (κ2) is 6.25. The number of rotatable bonds is 1. The molecule has 0 aliphatic heterocycles. The van der Waals surface area contributed by atoms with Crippen LogP contribution in [0.15, 0.2) is 29.2 Å². The molecule has 0 heterocycles. The van der Waals surface area contributed by atoms with E-state index in [1.807, 2.05) is 6.92 Å². The molecule has 0 fully saturated rings. The third-order valence-corrected chi connectivity index (χ3v) is 1.87. The molecule has 0 spiro atoms. The minimum Gasteiger partial charge on any atom is -0.768 e. The van der Waals surface area contributed by atoms with Gasteiger partial charge >= 0.3 is 6.03 Å². The van der Waals surface area contributed by atoms with Gasteiger partial charge in [0.25, 0.3) is 0 Å². The average molecular weight is 216 g/mol. The molecule has 14 heavy (non-hydrogen) atoms. The van der Waals surface area contributed by atoms with E-state index in [1.54, 1.807) is 24.3 Å². The molecule has 1 unspecified atom stereocenters. The Morgan fingerprint density at radius 3 is 2.07 bits per heavy atom. The lowest BCUT2D eigenvalue weighted by molar-refractivity contribution is -0.245. The van der Waals surface area contributed by atoms with Crippen LogP contribution in [0.2, 0.25) is 0 Å². The van der Waals surface area contributed by atoms with Gasteiger partial charge in [-0.1, -0.05) is 17.7 Å². The Hall–Kier alpha value is -1.24. The molecule has 0 saturated carbocycles. The van der Waals surface area contributed by atoms with E-state index in [2.05, 4.69) is 11.5 Å². The molecule has 5 nitrogen and oxygen atoms in total. The fourth-order valence-electron chi connectivity index (χ4n) is 0.649. The van der Waals surface area contributed by atoms with Crippen LogP contribution in [-0.4, -0.2) is 14.8 Å². The third kappa shape index (κ3) is 6.30. The highest BCUT2D eigenvalue weighted by Crippen LogP contribution is 2.05. The Bertz CT molecular complexity index is 320. The lowest BCUT2D eigenvalue weighted by atomic mass is 10.2. The first-order chi connectivity index (χ1) is 6.43. The molecule has 0 aliphatic carbocycles. The van der Waals surface area contributed by atoms with Gasteiger partial charge in [-0.05, 0) is 30.1 Å². The Balaban J connectivity index is 0.000000364. The van der Waals surface area contributed by atoms with Gasteiger partial charge in [0.15, 0.2) is 0 Å². The maximum atomic E-state index is 10.3. The van der Waals surface area contributed by atoms with Crippen molar-refractivity contribution in [2.45, 2.75) is 11.8 Å². The van der Waals surface area contributed by atoms with Crippen LogP contribution in [0.1, 0.15) is 5.56 Å². The summed E-state index contributed by atoms with van der Waals surface area (Å²) in [5.41, 5.74) is 8.20. The highest BCUT2D eigenvalue weighted by molar-refractivity contribution is 7.79.